The Labute approximate surface area is 180 Å². The van der Waals surface area contributed by atoms with Gasteiger partial charge in [0.1, 0.15) is 17.4 Å². The zero-order valence-corrected chi connectivity index (χ0v) is 18.2. The van der Waals surface area contributed by atoms with Crippen molar-refractivity contribution in [1.29, 1.82) is 0 Å². The zero-order chi connectivity index (χ0) is 22.1. The topological polar surface area (TPSA) is 97.6 Å². The highest BCUT2D eigenvalue weighted by atomic mass is 16.5. The van der Waals surface area contributed by atoms with Crippen LogP contribution in [0.5, 0.6) is 0 Å². The maximum absolute atomic E-state index is 13.1. The summed E-state index contributed by atoms with van der Waals surface area (Å²) < 4.78 is 10.6. The van der Waals surface area contributed by atoms with Gasteiger partial charge in [0.15, 0.2) is 0 Å². The average Bonchev–Trinajstić information content (AvgIpc) is 3.06. The number of fused-ring (bicyclic) bond motifs is 1. The number of carbonyl (C=O) groups excluding carboxylic acids is 2. The van der Waals surface area contributed by atoms with Crippen LogP contribution in [0.3, 0.4) is 0 Å². The van der Waals surface area contributed by atoms with E-state index in [0.717, 1.165) is 41.9 Å². The Hall–Kier alpha value is -3.42. The highest BCUT2D eigenvalue weighted by molar-refractivity contribution is 6.02. The van der Waals surface area contributed by atoms with Gasteiger partial charge in [-0.05, 0) is 45.7 Å². The fourth-order valence-electron chi connectivity index (χ4n) is 4.06. The Kier molecular flexibility index (Phi) is 5.63. The smallest absolute Gasteiger partial charge is 0.339 e. The van der Waals surface area contributed by atoms with Gasteiger partial charge in [0.2, 0.25) is 11.6 Å². The van der Waals surface area contributed by atoms with Crippen molar-refractivity contribution in [2.75, 3.05) is 30.4 Å². The first kappa shape index (κ1) is 20.8. The lowest BCUT2D eigenvalue weighted by Gasteiger charge is -2.33. The highest BCUT2D eigenvalue weighted by Gasteiger charge is 2.29. The molecule has 8 nitrogen and oxygen atoms in total. The van der Waals surface area contributed by atoms with Crippen molar-refractivity contribution in [3.05, 3.63) is 47.0 Å². The van der Waals surface area contributed by atoms with E-state index in [2.05, 4.69) is 20.2 Å². The van der Waals surface area contributed by atoms with Crippen LogP contribution in [0.1, 0.15) is 40.3 Å². The number of nitrogens with zero attached hydrogens (tertiary/aromatic N) is 3. The van der Waals surface area contributed by atoms with E-state index < -0.39 is 5.97 Å². The third kappa shape index (κ3) is 3.97. The predicted molar refractivity (Wildman–Crippen MR) is 117 cm³/mol. The Bertz CT molecular complexity index is 1150. The van der Waals surface area contributed by atoms with Gasteiger partial charge in [0.05, 0.1) is 29.7 Å². The molecule has 1 saturated heterocycles. The summed E-state index contributed by atoms with van der Waals surface area (Å²) in [6, 6.07) is 6.86. The molecule has 3 heterocycles. The Morgan fingerprint density at radius 2 is 1.97 bits per heavy atom. The van der Waals surface area contributed by atoms with E-state index in [1.54, 1.807) is 24.3 Å². The van der Waals surface area contributed by atoms with Gasteiger partial charge in [-0.25, -0.2) is 9.78 Å². The molecule has 0 unspecified atom stereocenters. The van der Waals surface area contributed by atoms with Crippen LogP contribution < -0.4 is 10.2 Å². The minimum absolute atomic E-state index is 0.122. The third-order valence-corrected chi connectivity index (χ3v) is 5.80. The number of amides is 1. The van der Waals surface area contributed by atoms with E-state index in [9.17, 15) is 9.59 Å². The first-order chi connectivity index (χ1) is 14.9. The number of anilines is 2. The standard InChI is InChI=1S/C23H26N4O4/c1-13-14(2)31-22-19(13)20(24-15(3)25-22)27-11-7-8-16(12-27)21(28)26-18-10-6-5-9-17(18)23(29)30-4/h5-6,9-10,16H,7-8,11-12H2,1-4H3,(H,26,28)/t16-/m1/s1. The van der Waals surface area contributed by atoms with Crippen molar-refractivity contribution in [1.82, 2.24) is 9.97 Å². The minimum Gasteiger partial charge on any atom is -0.465 e. The van der Waals surface area contributed by atoms with Crippen LogP contribution in [-0.4, -0.2) is 42.0 Å². The molecule has 0 saturated carbocycles. The molecular weight excluding hydrogens is 396 g/mol. The van der Waals surface area contributed by atoms with Gasteiger partial charge in [-0.15, -0.1) is 0 Å². The second kappa shape index (κ2) is 8.37. The molecule has 0 spiro atoms. The number of hydrogen-bond acceptors (Lipinski definition) is 7. The molecule has 31 heavy (non-hydrogen) atoms. The number of aryl methyl sites for hydroxylation is 3. The maximum Gasteiger partial charge on any atom is 0.339 e. The van der Waals surface area contributed by atoms with Crippen molar-refractivity contribution in [2.24, 2.45) is 5.92 Å². The van der Waals surface area contributed by atoms with Gasteiger partial charge >= 0.3 is 5.97 Å². The van der Waals surface area contributed by atoms with Crippen molar-refractivity contribution in [3.63, 3.8) is 0 Å². The first-order valence-electron chi connectivity index (χ1n) is 10.4. The number of furan rings is 1. The summed E-state index contributed by atoms with van der Waals surface area (Å²) in [6.07, 6.45) is 1.62. The van der Waals surface area contributed by atoms with Gasteiger partial charge in [0, 0.05) is 18.7 Å². The van der Waals surface area contributed by atoms with Crippen molar-refractivity contribution >= 4 is 34.5 Å². The normalized spacial score (nSPS) is 16.4. The summed E-state index contributed by atoms with van der Waals surface area (Å²) in [5, 5.41) is 3.82. The van der Waals surface area contributed by atoms with Crippen LogP contribution in [0, 0.1) is 26.7 Å². The average molecular weight is 422 g/mol. The first-order valence-corrected chi connectivity index (χ1v) is 10.4. The van der Waals surface area contributed by atoms with E-state index in [4.69, 9.17) is 9.15 Å². The number of nitrogens with one attached hydrogen (secondary N) is 1. The molecular formula is C23H26N4O4. The summed E-state index contributed by atoms with van der Waals surface area (Å²) in [5.74, 6) is 1.42. The summed E-state index contributed by atoms with van der Waals surface area (Å²) in [5.41, 5.74) is 2.39. The quantitative estimate of drug-likeness (QED) is 0.639. The van der Waals surface area contributed by atoms with E-state index in [-0.39, 0.29) is 11.8 Å². The van der Waals surface area contributed by atoms with E-state index in [1.807, 2.05) is 20.8 Å². The molecule has 8 heteroatoms. The van der Waals surface area contributed by atoms with Gasteiger partial charge in [-0.2, -0.15) is 4.98 Å². The molecule has 1 amide bonds. The van der Waals surface area contributed by atoms with E-state index in [0.29, 0.717) is 29.3 Å². The molecule has 1 atom stereocenters. The molecule has 0 bridgehead atoms. The molecule has 3 aromatic rings. The summed E-state index contributed by atoms with van der Waals surface area (Å²) >= 11 is 0. The molecule has 1 aliphatic heterocycles. The number of aromatic nitrogens is 2. The van der Waals surface area contributed by atoms with Crippen molar-refractivity contribution in [2.45, 2.75) is 33.6 Å². The maximum atomic E-state index is 13.1. The Balaban J connectivity index is 1.58. The number of carbonyl (C=O) groups is 2. The molecule has 0 aliphatic carbocycles. The lowest BCUT2D eigenvalue weighted by atomic mass is 9.96. The second-order valence-electron chi connectivity index (χ2n) is 7.87. The van der Waals surface area contributed by atoms with E-state index >= 15 is 0 Å². The zero-order valence-electron chi connectivity index (χ0n) is 18.2. The fourth-order valence-corrected chi connectivity index (χ4v) is 4.06. The Morgan fingerprint density at radius 3 is 2.74 bits per heavy atom. The number of ether oxygens (including phenoxy) is 1. The summed E-state index contributed by atoms with van der Waals surface area (Å²) in [4.78, 5) is 36.3. The molecule has 0 radical (unpaired) electrons. The lowest BCUT2D eigenvalue weighted by molar-refractivity contribution is -0.120. The largest absolute Gasteiger partial charge is 0.465 e. The molecule has 4 rings (SSSR count). The van der Waals surface area contributed by atoms with Crippen LogP contribution in [-0.2, 0) is 9.53 Å². The summed E-state index contributed by atoms with van der Waals surface area (Å²) in [6.45, 7) is 7.09. The third-order valence-electron chi connectivity index (χ3n) is 5.80. The van der Waals surface area contributed by atoms with Crippen LogP contribution >= 0.6 is 0 Å². The van der Waals surface area contributed by atoms with Crippen molar-refractivity contribution < 1.29 is 18.7 Å². The molecule has 1 fully saturated rings. The lowest BCUT2D eigenvalue weighted by Crippen LogP contribution is -2.41. The Morgan fingerprint density at radius 1 is 1.19 bits per heavy atom. The van der Waals surface area contributed by atoms with Crippen LogP contribution in [0.15, 0.2) is 28.7 Å². The summed E-state index contributed by atoms with van der Waals surface area (Å²) in [7, 11) is 1.32. The molecule has 1 aromatic carbocycles. The number of rotatable bonds is 4. The number of methoxy groups -OCH3 is 1. The van der Waals surface area contributed by atoms with Crippen molar-refractivity contribution in [3.8, 4) is 0 Å². The number of esters is 1. The number of para-hydroxylation sites is 1. The van der Waals surface area contributed by atoms with Crippen LogP contribution in [0.2, 0.25) is 0 Å². The molecule has 1 aliphatic rings. The van der Waals surface area contributed by atoms with Gasteiger partial charge < -0.3 is 19.4 Å². The fraction of sp³-hybridized carbons (Fsp3) is 0.391. The molecule has 2 aromatic heterocycles. The predicted octanol–water partition coefficient (Wildman–Crippen LogP) is 3.79. The van der Waals surface area contributed by atoms with E-state index in [1.165, 1.54) is 7.11 Å². The van der Waals surface area contributed by atoms with Crippen LogP contribution in [0.25, 0.3) is 11.1 Å². The SMILES string of the molecule is COC(=O)c1ccccc1NC(=O)[C@@H]1CCCN(c2nc(C)nc3oc(C)c(C)c23)C1. The minimum atomic E-state index is -0.481. The van der Waals surface area contributed by atoms with Crippen LogP contribution in [0.4, 0.5) is 11.5 Å². The molecule has 162 valence electrons. The second-order valence-corrected chi connectivity index (χ2v) is 7.87. The number of piperidine rings is 1. The van der Waals surface area contributed by atoms with Gasteiger partial charge in [-0.3, -0.25) is 4.79 Å². The number of benzene rings is 1. The number of hydrogen-bond donors (Lipinski definition) is 1. The monoisotopic (exact) mass is 422 g/mol. The molecule has 1 N–H and O–H groups in total. The van der Waals surface area contributed by atoms with Gasteiger partial charge in [0.25, 0.3) is 0 Å². The highest BCUT2D eigenvalue weighted by Crippen LogP contribution is 2.33. The van der Waals surface area contributed by atoms with Gasteiger partial charge in [-0.1, -0.05) is 12.1 Å².